The fraction of sp³-hybridized carbons (Fsp3) is 0. The Morgan fingerprint density at radius 1 is 0.857 bits per heavy atom. The van der Waals surface area contributed by atoms with E-state index in [-0.39, 0.29) is 111 Å². The molecule has 0 bridgehead atoms. The minimum atomic E-state index is 0. The first-order valence-corrected chi connectivity index (χ1v) is 0.224. The second-order valence-electron chi connectivity index (χ2n) is 0. The van der Waals surface area contributed by atoms with Gasteiger partial charge in [-0.05, 0) is 0 Å². The fourth-order valence-corrected chi connectivity index (χ4v) is 0. The zero-order valence-corrected chi connectivity index (χ0v) is 10.9. The van der Waals surface area contributed by atoms with Gasteiger partial charge in [-0.2, -0.15) is 0 Å². The predicted molar refractivity (Wildman–Crippen MR) is 4.97 cm³/mol. The van der Waals surface area contributed by atoms with Gasteiger partial charge in [0.15, 0.2) is 0 Å². The molecule has 0 heterocycles. The van der Waals surface area contributed by atoms with Crippen molar-refractivity contribution in [1.29, 1.82) is 5.26 Å². The summed E-state index contributed by atoms with van der Waals surface area (Å²) in [5.41, 5.74) is 0. The van der Waals surface area contributed by atoms with Gasteiger partial charge in [-0.25, -0.2) is 0 Å². The maximum atomic E-state index is 6.25. The van der Waals surface area contributed by atoms with Crippen LogP contribution in [0.1, 0.15) is 0 Å². The van der Waals surface area contributed by atoms with Crippen molar-refractivity contribution in [2.45, 2.75) is 0 Å². The van der Waals surface area contributed by atoms with Gasteiger partial charge in [-0.1, -0.05) is 0 Å². The topological polar surface area (TPSA) is 23.8 Å². The van der Waals surface area contributed by atoms with E-state index < -0.39 is 0 Å². The summed E-state index contributed by atoms with van der Waals surface area (Å²) in [6.07, 6.45) is 0. The zero-order valence-electron chi connectivity index (χ0n) is 3.38. The summed E-state index contributed by atoms with van der Waals surface area (Å²) in [4.78, 5) is 0. The Hall–Kier alpha value is 2.74. The third-order valence-electron chi connectivity index (χ3n) is 0. The standard InChI is InChI=1S/CN.Au.3ClH.K/c1-2;;;;;/h;;3*1H;/q-1;+3;;;;+1/p-3. The van der Waals surface area contributed by atoms with E-state index in [1.165, 1.54) is 0 Å². The fourth-order valence-electron chi connectivity index (χ4n) is 0. The van der Waals surface area contributed by atoms with E-state index >= 15 is 0 Å². The molecule has 0 N–H and O–H groups in total. The van der Waals surface area contributed by atoms with E-state index in [0.717, 1.165) is 0 Å². The molecule has 0 amide bonds. The number of hydrogen-bond acceptors (Lipinski definition) is 1. The summed E-state index contributed by atoms with van der Waals surface area (Å²) >= 11 is 0. The Morgan fingerprint density at radius 2 is 0.857 bits per heavy atom. The first-order valence-electron chi connectivity index (χ1n) is 0.224. The summed E-state index contributed by atoms with van der Waals surface area (Å²) in [5.74, 6) is 0. The Bertz CT molecular complexity index is 19.7. The van der Waals surface area contributed by atoms with Gasteiger partial charge in [0.05, 0.1) is 0 Å². The van der Waals surface area contributed by atoms with Crippen LogP contribution in [0.4, 0.5) is 0 Å². The van der Waals surface area contributed by atoms with Crippen LogP contribution in [-0.2, 0) is 22.4 Å². The SMILES string of the molecule is [Au+3].[C-]#N.[Cl-].[Cl-].[Cl-].[K+]. The molecule has 0 saturated heterocycles. The van der Waals surface area contributed by atoms with Crippen LogP contribution >= 0.6 is 0 Å². The molecule has 0 radical (unpaired) electrons. The summed E-state index contributed by atoms with van der Waals surface area (Å²) in [6.45, 7) is 4.75. The molecule has 6 heteroatoms. The van der Waals surface area contributed by atoms with Crippen molar-refractivity contribution in [3.8, 4) is 0 Å². The van der Waals surface area contributed by atoms with Gasteiger partial charge in [-0.3, -0.25) is 0 Å². The van der Waals surface area contributed by atoms with Crippen molar-refractivity contribution in [2.24, 2.45) is 0 Å². The number of halogens is 3. The number of nitrogens with zero attached hydrogens (tertiary/aromatic N) is 1. The van der Waals surface area contributed by atoms with E-state index in [0.29, 0.717) is 0 Å². The number of rotatable bonds is 0. The molecule has 0 aromatic rings. The van der Waals surface area contributed by atoms with Crippen molar-refractivity contribution in [2.75, 3.05) is 0 Å². The molecule has 0 unspecified atom stereocenters. The molecule has 0 aliphatic heterocycles. The largest absolute Gasteiger partial charge is 3.00 e. The molecule has 42 valence electrons. The molecule has 0 atom stereocenters. The van der Waals surface area contributed by atoms with Gasteiger partial charge in [0.25, 0.3) is 0 Å². The Kier molecular flexibility index (Phi) is 531. The summed E-state index contributed by atoms with van der Waals surface area (Å²) in [5, 5.41) is 6.25. The van der Waals surface area contributed by atoms with Crippen LogP contribution in [0.5, 0.6) is 0 Å². The first kappa shape index (κ1) is 53.2. The molecular formula is CAuCl3KN. The molecule has 0 saturated carbocycles. The molecule has 0 spiro atoms. The maximum Gasteiger partial charge on any atom is 3.00 e. The van der Waals surface area contributed by atoms with Crippen molar-refractivity contribution < 1.29 is 111 Å². The van der Waals surface area contributed by atoms with Crippen LogP contribution in [0, 0.1) is 11.8 Å². The molecule has 1 nitrogen and oxygen atoms in total. The van der Waals surface area contributed by atoms with Crippen LogP contribution in [0.25, 0.3) is 0 Å². The van der Waals surface area contributed by atoms with Gasteiger partial charge in [-0.15, -0.1) is 0 Å². The second kappa shape index (κ2) is 69.8. The molecule has 0 aliphatic carbocycles. The third kappa shape index (κ3) is 52.9. The Morgan fingerprint density at radius 3 is 0.857 bits per heavy atom. The summed E-state index contributed by atoms with van der Waals surface area (Å²) < 4.78 is 0. The van der Waals surface area contributed by atoms with Crippen molar-refractivity contribution in [3.63, 3.8) is 0 Å². The van der Waals surface area contributed by atoms with Gasteiger partial charge in [0.2, 0.25) is 0 Å². The molecule has 0 aromatic carbocycles. The van der Waals surface area contributed by atoms with Crippen molar-refractivity contribution in [3.05, 3.63) is 6.57 Å². The summed E-state index contributed by atoms with van der Waals surface area (Å²) in [6, 6.07) is 0. The minimum absolute atomic E-state index is 0. The normalized spacial score (nSPS) is 0.286. The molecule has 0 fully saturated rings. The van der Waals surface area contributed by atoms with E-state index in [9.17, 15) is 0 Å². The molecule has 0 aliphatic rings. The Balaban J connectivity index is -0.000000000500. The predicted octanol–water partition coefficient (Wildman–Crippen LogP) is -11.9. The van der Waals surface area contributed by atoms with Crippen molar-refractivity contribution >= 4 is 0 Å². The molecule has 0 aromatic heterocycles. The van der Waals surface area contributed by atoms with E-state index in [4.69, 9.17) is 11.8 Å². The van der Waals surface area contributed by atoms with E-state index in [2.05, 4.69) is 0 Å². The average Bonchev–Trinajstić information content (AvgIpc) is 1.00. The van der Waals surface area contributed by atoms with Gasteiger partial charge in [0.1, 0.15) is 0 Å². The molecular weight excluding hydrogens is 368 g/mol. The van der Waals surface area contributed by atoms with Gasteiger partial charge >= 0.3 is 73.8 Å². The summed E-state index contributed by atoms with van der Waals surface area (Å²) in [7, 11) is 0. The van der Waals surface area contributed by atoms with Crippen LogP contribution in [0.3, 0.4) is 0 Å². The first-order chi connectivity index (χ1) is 1.00. The molecule has 7 heavy (non-hydrogen) atoms. The minimum Gasteiger partial charge on any atom is -1.00 e. The monoisotopic (exact) mass is 367 g/mol. The van der Waals surface area contributed by atoms with Crippen LogP contribution < -0.4 is 88.6 Å². The van der Waals surface area contributed by atoms with Gasteiger partial charge < -0.3 is 49.1 Å². The maximum absolute atomic E-state index is 6.25. The van der Waals surface area contributed by atoms with Crippen LogP contribution in [-0.4, -0.2) is 0 Å². The quantitative estimate of drug-likeness (QED) is 0.308. The van der Waals surface area contributed by atoms with Crippen molar-refractivity contribution in [1.82, 2.24) is 0 Å². The second-order valence-corrected chi connectivity index (χ2v) is 0. The Labute approximate surface area is 120 Å². The average molecular weight is 368 g/mol. The smallest absolute Gasteiger partial charge is 1.00 e. The zero-order chi connectivity index (χ0) is 2.00. The van der Waals surface area contributed by atoms with Crippen LogP contribution in [0.2, 0.25) is 0 Å². The van der Waals surface area contributed by atoms with Gasteiger partial charge in [0, 0.05) is 0 Å². The number of hydrogen-bond donors (Lipinski definition) is 0. The van der Waals surface area contributed by atoms with E-state index in [1.54, 1.807) is 0 Å². The molecule has 0 rings (SSSR count). The van der Waals surface area contributed by atoms with Crippen LogP contribution in [0.15, 0.2) is 0 Å². The third-order valence-corrected chi connectivity index (χ3v) is 0. The van der Waals surface area contributed by atoms with E-state index in [1.807, 2.05) is 0 Å².